The van der Waals surface area contributed by atoms with Gasteiger partial charge in [-0.3, -0.25) is 9.79 Å². The van der Waals surface area contributed by atoms with Crippen molar-refractivity contribution in [3.8, 4) is 11.5 Å². The number of ether oxygens (including phenoxy) is 2. The number of amides is 1. The van der Waals surface area contributed by atoms with Crippen LogP contribution < -0.4 is 25.4 Å². The normalized spacial score (nSPS) is 11.3. The number of hydrogen-bond donors (Lipinski definition) is 3. The molecule has 0 radical (unpaired) electrons. The topological polar surface area (TPSA) is 84.0 Å². The molecule has 1 aromatic rings. The van der Waals surface area contributed by atoms with Gasteiger partial charge in [0.25, 0.3) is 0 Å². The van der Waals surface area contributed by atoms with Crippen molar-refractivity contribution in [3.05, 3.63) is 23.8 Å². The zero-order valence-corrected chi connectivity index (χ0v) is 21.6. The number of nitrogens with zero attached hydrogens (tertiary/aromatic N) is 1. The summed E-state index contributed by atoms with van der Waals surface area (Å²) >= 11 is 0. The van der Waals surface area contributed by atoms with E-state index in [1.807, 2.05) is 59.7 Å². The van der Waals surface area contributed by atoms with Crippen LogP contribution in [-0.4, -0.2) is 51.3 Å². The Labute approximate surface area is 198 Å². The maximum Gasteiger partial charge on any atom is 0.225 e. The first kappa shape index (κ1) is 28.3. The average molecular weight is 534 g/mol. The summed E-state index contributed by atoms with van der Waals surface area (Å²) < 4.78 is 11.3. The Kier molecular flexibility index (Phi) is 14.3. The Hall–Kier alpha value is -1.71. The van der Waals surface area contributed by atoms with Crippen LogP contribution in [0.4, 0.5) is 0 Å². The monoisotopic (exact) mass is 534 g/mol. The van der Waals surface area contributed by atoms with Gasteiger partial charge < -0.3 is 25.4 Å². The summed E-state index contributed by atoms with van der Waals surface area (Å²) in [6, 6.07) is 6.02. The summed E-state index contributed by atoms with van der Waals surface area (Å²) in [7, 11) is 0. The largest absolute Gasteiger partial charge is 0.490 e. The number of guanidine groups is 1. The number of carbonyl (C=O) groups excluding carboxylic acids is 1. The van der Waals surface area contributed by atoms with Crippen molar-refractivity contribution in [2.45, 2.75) is 48.0 Å². The van der Waals surface area contributed by atoms with E-state index in [1.165, 1.54) is 0 Å². The zero-order chi connectivity index (χ0) is 21.7. The van der Waals surface area contributed by atoms with Crippen LogP contribution in [0.1, 0.15) is 47.1 Å². The van der Waals surface area contributed by atoms with Crippen molar-refractivity contribution in [1.82, 2.24) is 16.0 Å². The van der Waals surface area contributed by atoms with E-state index in [9.17, 15) is 4.79 Å². The number of rotatable bonds is 11. The van der Waals surface area contributed by atoms with Gasteiger partial charge in [0.05, 0.1) is 13.2 Å². The van der Waals surface area contributed by atoms with E-state index in [0.29, 0.717) is 32.8 Å². The SMILES string of the molecule is CCNC(=NCCc1ccc(OCC)c(OCC)c1)NCCNC(=O)C(C)(C)C.I. The van der Waals surface area contributed by atoms with Gasteiger partial charge in [-0.15, -0.1) is 24.0 Å². The quantitative estimate of drug-likeness (QED) is 0.176. The molecule has 0 aliphatic rings. The van der Waals surface area contributed by atoms with Crippen LogP contribution in [0.2, 0.25) is 0 Å². The van der Waals surface area contributed by atoms with Crippen LogP contribution in [0.25, 0.3) is 0 Å². The van der Waals surface area contributed by atoms with Crippen molar-refractivity contribution in [3.63, 3.8) is 0 Å². The molecule has 0 aliphatic heterocycles. The van der Waals surface area contributed by atoms with E-state index in [-0.39, 0.29) is 35.3 Å². The summed E-state index contributed by atoms with van der Waals surface area (Å²) in [5.41, 5.74) is 0.769. The van der Waals surface area contributed by atoms with Gasteiger partial charge in [-0.05, 0) is 44.9 Å². The third-order valence-electron chi connectivity index (χ3n) is 4.01. The second kappa shape index (κ2) is 15.1. The number of carbonyl (C=O) groups is 1. The summed E-state index contributed by atoms with van der Waals surface area (Å²) in [5.74, 6) is 2.33. The van der Waals surface area contributed by atoms with Crippen LogP contribution >= 0.6 is 24.0 Å². The van der Waals surface area contributed by atoms with Gasteiger partial charge in [0.15, 0.2) is 17.5 Å². The lowest BCUT2D eigenvalue weighted by atomic mass is 9.96. The van der Waals surface area contributed by atoms with Crippen LogP contribution in [0.3, 0.4) is 0 Å². The molecule has 172 valence electrons. The van der Waals surface area contributed by atoms with Crippen LogP contribution in [-0.2, 0) is 11.2 Å². The fraction of sp³-hybridized carbons (Fsp3) is 0.636. The van der Waals surface area contributed by atoms with E-state index in [2.05, 4.69) is 20.9 Å². The van der Waals surface area contributed by atoms with E-state index >= 15 is 0 Å². The molecule has 1 rings (SSSR count). The molecule has 8 heteroatoms. The molecular formula is C22H39IN4O3. The number of nitrogens with one attached hydrogen (secondary N) is 3. The minimum Gasteiger partial charge on any atom is -0.490 e. The van der Waals surface area contributed by atoms with Gasteiger partial charge >= 0.3 is 0 Å². The summed E-state index contributed by atoms with van der Waals surface area (Å²) in [6.45, 7) is 15.5. The Balaban J connectivity index is 0.00000841. The highest BCUT2D eigenvalue weighted by atomic mass is 127. The lowest BCUT2D eigenvalue weighted by molar-refractivity contribution is -0.128. The molecule has 0 aromatic heterocycles. The lowest BCUT2D eigenvalue weighted by Gasteiger charge is -2.18. The molecule has 30 heavy (non-hydrogen) atoms. The van der Waals surface area contributed by atoms with Crippen LogP contribution in [0.15, 0.2) is 23.2 Å². The van der Waals surface area contributed by atoms with Gasteiger partial charge in [0.2, 0.25) is 5.91 Å². The predicted molar refractivity (Wildman–Crippen MR) is 134 cm³/mol. The molecule has 0 saturated carbocycles. The Bertz CT molecular complexity index is 660. The fourth-order valence-corrected chi connectivity index (χ4v) is 2.51. The molecule has 7 nitrogen and oxygen atoms in total. The molecule has 0 heterocycles. The average Bonchev–Trinajstić information content (AvgIpc) is 2.66. The number of hydrogen-bond acceptors (Lipinski definition) is 4. The highest BCUT2D eigenvalue weighted by molar-refractivity contribution is 14.0. The highest BCUT2D eigenvalue weighted by Crippen LogP contribution is 2.28. The first-order chi connectivity index (χ1) is 13.8. The van der Waals surface area contributed by atoms with Crippen molar-refractivity contribution in [1.29, 1.82) is 0 Å². The predicted octanol–water partition coefficient (Wildman–Crippen LogP) is 3.36. The van der Waals surface area contributed by atoms with Crippen LogP contribution in [0.5, 0.6) is 11.5 Å². The van der Waals surface area contributed by atoms with Crippen molar-refractivity contribution in [2.75, 3.05) is 39.4 Å². The number of benzene rings is 1. The Morgan fingerprint density at radius 2 is 1.60 bits per heavy atom. The van der Waals surface area contributed by atoms with E-state index in [4.69, 9.17) is 9.47 Å². The molecule has 0 aliphatic carbocycles. The molecule has 0 fully saturated rings. The molecule has 1 aromatic carbocycles. The van der Waals surface area contributed by atoms with Gasteiger partial charge in [-0.2, -0.15) is 0 Å². The smallest absolute Gasteiger partial charge is 0.225 e. The first-order valence-electron chi connectivity index (χ1n) is 10.5. The fourth-order valence-electron chi connectivity index (χ4n) is 2.51. The molecule has 0 bridgehead atoms. The molecule has 1 amide bonds. The standard InChI is InChI=1S/C22H38N4O3.HI/c1-7-23-21(26-15-14-24-20(27)22(4,5)6)25-13-12-17-10-11-18(28-8-2)19(16-17)29-9-3;/h10-11,16H,7-9,12-15H2,1-6H3,(H,24,27)(H2,23,25,26);1H. The number of aliphatic imine (C=N–C) groups is 1. The summed E-state index contributed by atoms with van der Waals surface area (Å²) in [6.07, 6.45) is 0.795. The third-order valence-corrected chi connectivity index (χ3v) is 4.01. The van der Waals surface area contributed by atoms with Crippen molar-refractivity contribution in [2.24, 2.45) is 10.4 Å². The number of halogens is 1. The second-order valence-corrected chi connectivity index (χ2v) is 7.59. The minimum absolute atomic E-state index is 0. The lowest BCUT2D eigenvalue weighted by Crippen LogP contribution is -2.43. The minimum atomic E-state index is -0.378. The molecule has 0 saturated heterocycles. The first-order valence-corrected chi connectivity index (χ1v) is 10.5. The van der Waals surface area contributed by atoms with Crippen molar-refractivity contribution < 1.29 is 14.3 Å². The van der Waals surface area contributed by atoms with Gasteiger partial charge in [0.1, 0.15) is 0 Å². The molecule has 0 spiro atoms. The zero-order valence-electron chi connectivity index (χ0n) is 19.3. The molecule has 0 atom stereocenters. The van der Waals surface area contributed by atoms with Gasteiger partial charge in [-0.25, -0.2) is 0 Å². The molecule has 0 unspecified atom stereocenters. The highest BCUT2D eigenvalue weighted by Gasteiger charge is 2.20. The molecule has 3 N–H and O–H groups in total. The van der Waals surface area contributed by atoms with Crippen LogP contribution in [0, 0.1) is 5.41 Å². The second-order valence-electron chi connectivity index (χ2n) is 7.59. The Morgan fingerprint density at radius 1 is 0.967 bits per heavy atom. The van der Waals surface area contributed by atoms with E-state index in [1.54, 1.807) is 0 Å². The van der Waals surface area contributed by atoms with Crippen molar-refractivity contribution >= 4 is 35.8 Å². The summed E-state index contributed by atoms with van der Waals surface area (Å²) in [4.78, 5) is 16.5. The van der Waals surface area contributed by atoms with E-state index in [0.717, 1.165) is 36.0 Å². The maximum atomic E-state index is 11.9. The van der Waals surface area contributed by atoms with Gasteiger partial charge in [-0.1, -0.05) is 26.8 Å². The molecular weight excluding hydrogens is 495 g/mol. The summed E-state index contributed by atoms with van der Waals surface area (Å²) in [5, 5.41) is 9.40. The maximum absolute atomic E-state index is 11.9. The van der Waals surface area contributed by atoms with Gasteiger partial charge in [0, 0.05) is 31.6 Å². The Morgan fingerprint density at radius 3 is 2.20 bits per heavy atom. The van der Waals surface area contributed by atoms with E-state index < -0.39 is 0 Å². The third kappa shape index (κ3) is 10.9.